The molecule has 0 aromatic heterocycles. The van der Waals surface area contributed by atoms with E-state index in [0.29, 0.717) is 6.61 Å². The van der Waals surface area contributed by atoms with Gasteiger partial charge in [-0.2, -0.15) is 0 Å². The van der Waals surface area contributed by atoms with Crippen molar-refractivity contribution in [1.82, 2.24) is 5.32 Å². The maximum atomic E-state index is 6.45. The third kappa shape index (κ3) is 4.70. The lowest BCUT2D eigenvalue weighted by molar-refractivity contribution is -0.0658. The van der Waals surface area contributed by atoms with Gasteiger partial charge in [0.1, 0.15) is 0 Å². The molecule has 0 bridgehead atoms. The van der Waals surface area contributed by atoms with Gasteiger partial charge in [-0.15, -0.1) is 0 Å². The molecule has 1 aromatic carbocycles. The van der Waals surface area contributed by atoms with Gasteiger partial charge >= 0.3 is 0 Å². The second-order valence-corrected chi connectivity index (χ2v) is 7.11. The van der Waals surface area contributed by atoms with Crippen molar-refractivity contribution in [3.8, 4) is 0 Å². The predicted molar refractivity (Wildman–Crippen MR) is 87.7 cm³/mol. The Kier molecular flexibility index (Phi) is 5.20. The van der Waals surface area contributed by atoms with Crippen LogP contribution in [-0.4, -0.2) is 18.2 Å². The molecule has 2 aliphatic rings. The Morgan fingerprint density at radius 2 is 1.90 bits per heavy atom. The molecule has 2 saturated carbocycles. The highest BCUT2D eigenvalue weighted by Crippen LogP contribution is 2.32. The summed E-state index contributed by atoms with van der Waals surface area (Å²) in [6.07, 6.45) is 10.3. The summed E-state index contributed by atoms with van der Waals surface area (Å²) >= 11 is 6.07. The molecule has 0 unspecified atom stereocenters. The quantitative estimate of drug-likeness (QED) is 0.769. The van der Waals surface area contributed by atoms with Crippen LogP contribution in [0, 0.1) is 0 Å². The Labute approximate surface area is 133 Å². The third-order valence-electron chi connectivity index (χ3n) is 4.74. The summed E-state index contributed by atoms with van der Waals surface area (Å²) < 4.78 is 6.45. The van der Waals surface area contributed by atoms with E-state index in [1.807, 2.05) is 18.2 Å². The molecule has 116 valence electrons. The maximum absolute atomic E-state index is 6.45. The third-order valence-corrected chi connectivity index (χ3v) is 4.97. The molecule has 0 heterocycles. The number of halogens is 1. The first-order valence-corrected chi connectivity index (χ1v) is 8.75. The second kappa shape index (κ2) is 7.13. The first-order chi connectivity index (χ1) is 10.3. The topological polar surface area (TPSA) is 21.3 Å². The van der Waals surface area contributed by atoms with Crippen molar-refractivity contribution in [3.63, 3.8) is 0 Å². The molecule has 2 nitrogen and oxygen atoms in total. The van der Waals surface area contributed by atoms with Gasteiger partial charge < -0.3 is 10.1 Å². The van der Waals surface area contributed by atoms with Gasteiger partial charge in [0.25, 0.3) is 0 Å². The van der Waals surface area contributed by atoms with Crippen molar-refractivity contribution in [2.45, 2.75) is 69.6 Å². The summed E-state index contributed by atoms with van der Waals surface area (Å²) in [6, 6.07) is 8.79. The maximum Gasteiger partial charge on any atom is 0.0810 e. The van der Waals surface area contributed by atoms with Gasteiger partial charge in [-0.05, 0) is 43.4 Å². The number of rotatable bonds is 6. The highest BCUT2D eigenvalue weighted by molar-refractivity contribution is 6.30. The first-order valence-electron chi connectivity index (χ1n) is 8.38. The van der Waals surface area contributed by atoms with Crippen LogP contribution in [0.5, 0.6) is 0 Å². The van der Waals surface area contributed by atoms with Crippen molar-refractivity contribution in [3.05, 3.63) is 34.9 Å². The van der Waals surface area contributed by atoms with E-state index in [9.17, 15) is 0 Å². The molecule has 3 heteroatoms. The van der Waals surface area contributed by atoms with Crippen molar-refractivity contribution in [2.24, 2.45) is 0 Å². The fourth-order valence-electron chi connectivity index (χ4n) is 3.23. The van der Waals surface area contributed by atoms with Crippen LogP contribution in [-0.2, 0) is 11.3 Å². The predicted octanol–water partition coefficient (Wildman–Crippen LogP) is 4.70. The Morgan fingerprint density at radius 3 is 2.57 bits per heavy atom. The van der Waals surface area contributed by atoms with Crippen LogP contribution in [0.1, 0.15) is 56.9 Å². The molecule has 0 aliphatic heterocycles. The van der Waals surface area contributed by atoms with Crippen molar-refractivity contribution >= 4 is 11.6 Å². The van der Waals surface area contributed by atoms with E-state index in [0.717, 1.165) is 17.6 Å². The second-order valence-electron chi connectivity index (χ2n) is 6.67. The molecular formula is C18H26ClNO. The smallest absolute Gasteiger partial charge is 0.0810 e. The van der Waals surface area contributed by atoms with Gasteiger partial charge in [0.15, 0.2) is 0 Å². The van der Waals surface area contributed by atoms with Crippen molar-refractivity contribution < 1.29 is 4.74 Å². The summed E-state index contributed by atoms with van der Waals surface area (Å²) in [5.41, 5.74) is 1.21. The average molecular weight is 308 g/mol. The van der Waals surface area contributed by atoms with Crippen LogP contribution in [0.3, 0.4) is 0 Å². The standard InChI is InChI=1S/C18H26ClNO/c19-16-7-5-6-15(12-16)13-21-18(14-20-17-8-9-17)10-3-1-2-4-11-18/h5-7,12,17,20H,1-4,8-11,13-14H2. The van der Waals surface area contributed by atoms with E-state index < -0.39 is 0 Å². The summed E-state index contributed by atoms with van der Waals surface area (Å²) in [5, 5.41) is 4.49. The molecule has 0 spiro atoms. The minimum atomic E-state index is 0.0292. The normalized spacial score (nSPS) is 22.0. The summed E-state index contributed by atoms with van der Waals surface area (Å²) in [6.45, 7) is 1.69. The Hall–Kier alpha value is -0.570. The molecule has 0 atom stereocenters. The summed E-state index contributed by atoms with van der Waals surface area (Å²) in [7, 11) is 0. The van der Waals surface area contributed by atoms with Crippen LogP contribution in [0.2, 0.25) is 5.02 Å². The van der Waals surface area contributed by atoms with E-state index in [1.165, 1.54) is 56.9 Å². The van der Waals surface area contributed by atoms with Gasteiger partial charge in [0.05, 0.1) is 12.2 Å². The Balaban J connectivity index is 1.62. The van der Waals surface area contributed by atoms with Gasteiger partial charge in [-0.1, -0.05) is 49.4 Å². The number of hydrogen-bond acceptors (Lipinski definition) is 2. The van der Waals surface area contributed by atoms with E-state index in [4.69, 9.17) is 16.3 Å². The zero-order chi connectivity index (χ0) is 14.5. The van der Waals surface area contributed by atoms with E-state index in [1.54, 1.807) is 0 Å². The molecule has 0 saturated heterocycles. The highest BCUT2D eigenvalue weighted by atomic mass is 35.5. The number of benzene rings is 1. The van der Waals surface area contributed by atoms with Gasteiger partial charge in [0, 0.05) is 17.6 Å². The van der Waals surface area contributed by atoms with Crippen molar-refractivity contribution in [2.75, 3.05) is 6.54 Å². The Bertz CT molecular complexity index is 450. The molecule has 0 amide bonds. The number of nitrogens with one attached hydrogen (secondary N) is 1. The van der Waals surface area contributed by atoms with Crippen LogP contribution < -0.4 is 5.32 Å². The first kappa shape index (κ1) is 15.3. The average Bonchev–Trinajstić information content (AvgIpc) is 3.31. The van der Waals surface area contributed by atoms with Crippen LogP contribution in [0.4, 0.5) is 0 Å². The lowest BCUT2D eigenvalue weighted by atomic mass is 9.93. The fourth-order valence-corrected chi connectivity index (χ4v) is 3.44. The lowest BCUT2D eigenvalue weighted by Gasteiger charge is -2.33. The molecule has 0 radical (unpaired) electrons. The molecule has 2 aliphatic carbocycles. The molecule has 3 rings (SSSR count). The molecule has 2 fully saturated rings. The minimum Gasteiger partial charge on any atom is -0.369 e. The number of ether oxygens (including phenoxy) is 1. The molecular weight excluding hydrogens is 282 g/mol. The SMILES string of the molecule is Clc1cccc(COC2(CNC3CC3)CCCCCC2)c1. The largest absolute Gasteiger partial charge is 0.369 e. The molecule has 1 N–H and O–H groups in total. The summed E-state index contributed by atoms with van der Waals surface area (Å²) in [5.74, 6) is 0. The molecule has 1 aromatic rings. The van der Waals surface area contributed by atoms with Gasteiger partial charge in [0.2, 0.25) is 0 Å². The Morgan fingerprint density at radius 1 is 1.14 bits per heavy atom. The lowest BCUT2D eigenvalue weighted by Crippen LogP contribution is -2.43. The zero-order valence-corrected chi connectivity index (χ0v) is 13.5. The zero-order valence-electron chi connectivity index (χ0n) is 12.7. The van der Waals surface area contributed by atoms with Crippen LogP contribution in [0.15, 0.2) is 24.3 Å². The molecule has 21 heavy (non-hydrogen) atoms. The van der Waals surface area contributed by atoms with E-state index in [2.05, 4.69) is 11.4 Å². The monoisotopic (exact) mass is 307 g/mol. The van der Waals surface area contributed by atoms with Crippen molar-refractivity contribution in [1.29, 1.82) is 0 Å². The number of hydrogen-bond donors (Lipinski definition) is 1. The van der Waals surface area contributed by atoms with E-state index in [-0.39, 0.29) is 5.60 Å². The minimum absolute atomic E-state index is 0.0292. The van der Waals surface area contributed by atoms with Gasteiger partial charge in [-0.3, -0.25) is 0 Å². The summed E-state index contributed by atoms with van der Waals surface area (Å²) in [4.78, 5) is 0. The highest BCUT2D eigenvalue weighted by Gasteiger charge is 2.34. The van der Waals surface area contributed by atoms with Crippen LogP contribution in [0.25, 0.3) is 0 Å². The fraction of sp³-hybridized carbons (Fsp3) is 0.667. The van der Waals surface area contributed by atoms with Crippen LogP contribution >= 0.6 is 11.6 Å². The van der Waals surface area contributed by atoms with E-state index >= 15 is 0 Å². The van der Waals surface area contributed by atoms with Gasteiger partial charge in [-0.25, -0.2) is 0 Å².